The van der Waals surface area contributed by atoms with Crippen molar-refractivity contribution >= 4 is 46.2 Å². The van der Waals surface area contributed by atoms with Crippen molar-refractivity contribution in [2.24, 2.45) is 0 Å². The number of thiocarbonyl (C=S) groups is 1. The number of carbonyl (C=O) groups is 1. The second-order valence-corrected chi connectivity index (χ2v) is 9.86. The molecule has 1 aromatic carbocycles. The summed E-state index contributed by atoms with van der Waals surface area (Å²) in [4.78, 5) is 18.7. The molecule has 2 atom stereocenters. The highest BCUT2D eigenvalue weighted by Crippen LogP contribution is 2.46. The number of nitrogens with zero attached hydrogens (tertiary/aromatic N) is 3. The topological polar surface area (TPSA) is 71.4 Å². The molecule has 182 valence electrons. The largest absolute Gasteiger partial charge is 0.375 e. The van der Waals surface area contributed by atoms with Crippen molar-refractivity contribution in [1.29, 1.82) is 0 Å². The Kier molecular flexibility index (Phi) is 6.53. The van der Waals surface area contributed by atoms with E-state index in [1.54, 1.807) is 6.07 Å². The van der Waals surface area contributed by atoms with Gasteiger partial charge in [0.2, 0.25) is 5.91 Å². The third-order valence-electron chi connectivity index (χ3n) is 6.63. The van der Waals surface area contributed by atoms with E-state index < -0.39 is 0 Å². The Hall–Kier alpha value is -2.94. The molecular formula is C26H28ClN5O2S. The van der Waals surface area contributed by atoms with Crippen molar-refractivity contribution in [3.8, 4) is 0 Å². The second kappa shape index (κ2) is 9.60. The molecule has 7 nitrogen and oxygen atoms in total. The molecule has 5 rings (SSSR count). The lowest BCUT2D eigenvalue weighted by atomic mass is 9.96. The van der Waals surface area contributed by atoms with Crippen molar-refractivity contribution in [2.45, 2.75) is 44.8 Å². The van der Waals surface area contributed by atoms with Crippen LogP contribution >= 0.6 is 23.8 Å². The summed E-state index contributed by atoms with van der Waals surface area (Å²) in [6.07, 6.45) is 4.24. The molecule has 1 aliphatic heterocycles. The molecule has 1 amide bonds. The molecule has 1 saturated heterocycles. The summed E-state index contributed by atoms with van der Waals surface area (Å²) in [5, 5.41) is 7.32. The number of aromatic nitrogens is 2. The van der Waals surface area contributed by atoms with Gasteiger partial charge in [-0.15, -0.1) is 0 Å². The van der Waals surface area contributed by atoms with Crippen LogP contribution < -0.4 is 15.5 Å². The average Bonchev–Trinajstić information content (AvgIpc) is 3.54. The number of hydrogen-bond donors (Lipinski definition) is 2. The molecule has 0 unspecified atom stereocenters. The monoisotopic (exact) mass is 509 g/mol. The van der Waals surface area contributed by atoms with Gasteiger partial charge in [-0.05, 0) is 80.9 Å². The molecule has 2 aliphatic rings. The number of ether oxygens (including phenoxy) is 1. The lowest BCUT2D eigenvalue weighted by Gasteiger charge is -2.28. The third-order valence-corrected chi connectivity index (χ3v) is 7.26. The molecule has 2 N–H and O–H groups in total. The SMILES string of the molecule is COCC(=O)Nc1ccc(N2C(=S)N[C@@H](c3ccccn3)[C@@H]2c2cc(C)n(C3CC3)c2C)cc1Cl. The minimum atomic E-state index is -0.263. The first kappa shape index (κ1) is 23.8. The van der Waals surface area contributed by atoms with Gasteiger partial charge in [0.25, 0.3) is 0 Å². The van der Waals surface area contributed by atoms with Gasteiger partial charge in [0, 0.05) is 36.4 Å². The molecule has 35 heavy (non-hydrogen) atoms. The van der Waals surface area contributed by atoms with Crippen LogP contribution in [-0.4, -0.2) is 34.3 Å². The van der Waals surface area contributed by atoms with Gasteiger partial charge in [-0.3, -0.25) is 9.78 Å². The summed E-state index contributed by atoms with van der Waals surface area (Å²) in [6, 6.07) is 14.1. The summed E-state index contributed by atoms with van der Waals surface area (Å²) in [5.74, 6) is -0.263. The van der Waals surface area contributed by atoms with Gasteiger partial charge in [-0.25, -0.2) is 0 Å². The van der Waals surface area contributed by atoms with Crippen molar-refractivity contribution in [3.05, 3.63) is 76.3 Å². The van der Waals surface area contributed by atoms with E-state index in [0.717, 1.165) is 11.4 Å². The zero-order valence-electron chi connectivity index (χ0n) is 19.9. The van der Waals surface area contributed by atoms with Gasteiger partial charge in [-0.2, -0.15) is 0 Å². The van der Waals surface area contributed by atoms with E-state index in [0.29, 0.717) is 21.9 Å². The van der Waals surface area contributed by atoms with Crippen molar-refractivity contribution in [1.82, 2.24) is 14.9 Å². The van der Waals surface area contributed by atoms with Crippen LogP contribution in [0.2, 0.25) is 5.02 Å². The maximum Gasteiger partial charge on any atom is 0.250 e. The molecule has 0 spiro atoms. The van der Waals surface area contributed by atoms with Gasteiger partial charge in [0.15, 0.2) is 5.11 Å². The number of carbonyl (C=O) groups excluding carboxylic acids is 1. The smallest absolute Gasteiger partial charge is 0.250 e. The first-order chi connectivity index (χ1) is 16.9. The van der Waals surface area contributed by atoms with Crippen LogP contribution in [0.25, 0.3) is 0 Å². The summed E-state index contributed by atoms with van der Waals surface area (Å²) in [6.45, 7) is 4.32. The lowest BCUT2D eigenvalue weighted by Crippen LogP contribution is -2.29. The van der Waals surface area contributed by atoms with Crippen LogP contribution in [0.3, 0.4) is 0 Å². The maximum atomic E-state index is 12.0. The average molecular weight is 510 g/mol. The van der Waals surface area contributed by atoms with Crippen molar-refractivity contribution in [2.75, 3.05) is 23.9 Å². The van der Waals surface area contributed by atoms with Gasteiger partial charge >= 0.3 is 0 Å². The van der Waals surface area contributed by atoms with Crippen LogP contribution in [0.1, 0.15) is 53.6 Å². The number of hydrogen-bond acceptors (Lipinski definition) is 4. The Morgan fingerprint density at radius 2 is 2.06 bits per heavy atom. The molecule has 2 aromatic heterocycles. The zero-order valence-corrected chi connectivity index (χ0v) is 21.5. The van der Waals surface area contributed by atoms with E-state index in [1.165, 1.54) is 36.9 Å². The number of nitrogens with one attached hydrogen (secondary N) is 2. The quantitative estimate of drug-likeness (QED) is 0.424. The number of anilines is 2. The summed E-state index contributed by atoms with van der Waals surface area (Å²) >= 11 is 12.4. The van der Waals surface area contributed by atoms with E-state index in [9.17, 15) is 4.79 Å². The Bertz CT molecular complexity index is 1270. The fraction of sp³-hybridized carbons (Fsp3) is 0.346. The lowest BCUT2D eigenvalue weighted by molar-refractivity contribution is -0.119. The normalized spacial score (nSPS) is 19.7. The summed E-state index contributed by atoms with van der Waals surface area (Å²) in [5.41, 5.74) is 6.02. The number of methoxy groups -OCH3 is 1. The fourth-order valence-corrected chi connectivity index (χ4v) is 5.59. The Labute approximate surface area is 215 Å². The highest BCUT2D eigenvalue weighted by atomic mass is 35.5. The zero-order chi connectivity index (χ0) is 24.7. The Morgan fingerprint density at radius 1 is 1.26 bits per heavy atom. The number of halogens is 1. The predicted molar refractivity (Wildman–Crippen MR) is 142 cm³/mol. The standard InChI is InChI=1S/C26H28ClN5O2S/c1-15-12-19(16(2)31(15)17-7-8-17)25-24(22-6-4-5-11-28-22)30-26(35)32(25)18-9-10-21(20(27)13-18)29-23(33)14-34-3/h4-6,9-13,17,24-25H,7-8,14H2,1-3H3,(H,29,33)(H,30,35)/t24-,25-/m0/s1. The van der Waals surface area contributed by atoms with E-state index in [1.807, 2.05) is 36.5 Å². The van der Waals surface area contributed by atoms with E-state index in [4.69, 9.17) is 28.6 Å². The third kappa shape index (κ3) is 4.53. The van der Waals surface area contributed by atoms with Crippen molar-refractivity contribution in [3.63, 3.8) is 0 Å². The van der Waals surface area contributed by atoms with Gasteiger partial charge in [-0.1, -0.05) is 17.7 Å². The number of benzene rings is 1. The molecule has 3 heterocycles. The number of aryl methyl sites for hydroxylation is 1. The van der Waals surface area contributed by atoms with Gasteiger partial charge in [0.1, 0.15) is 6.61 Å². The minimum absolute atomic E-state index is 0.0390. The predicted octanol–water partition coefficient (Wildman–Crippen LogP) is 5.25. The first-order valence-electron chi connectivity index (χ1n) is 11.7. The minimum Gasteiger partial charge on any atom is -0.375 e. The van der Waals surface area contributed by atoms with Crippen LogP contribution in [0, 0.1) is 13.8 Å². The van der Waals surface area contributed by atoms with Crippen LogP contribution in [0.5, 0.6) is 0 Å². The Morgan fingerprint density at radius 3 is 2.71 bits per heavy atom. The van der Waals surface area contributed by atoms with Crippen LogP contribution in [-0.2, 0) is 9.53 Å². The number of amides is 1. The molecule has 0 radical (unpaired) electrons. The summed E-state index contributed by atoms with van der Waals surface area (Å²) in [7, 11) is 1.48. The second-order valence-electron chi connectivity index (χ2n) is 9.07. The summed E-state index contributed by atoms with van der Waals surface area (Å²) < 4.78 is 7.35. The highest BCUT2D eigenvalue weighted by molar-refractivity contribution is 7.80. The molecule has 9 heteroatoms. The fourth-order valence-electron chi connectivity index (χ4n) is 5.02. The molecular weight excluding hydrogens is 482 g/mol. The maximum absolute atomic E-state index is 12.0. The van der Waals surface area contributed by atoms with E-state index in [2.05, 4.69) is 45.0 Å². The van der Waals surface area contributed by atoms with Gasteiger partial charge < -0.3 is 24.8 Å². The first-order valence-corrected chi connectivity index (χ1v) is 12.4. The van der Waals surface area contributed by atoms with Gasteiger partial charge in [0.05, 0.1) is 28.5 Å². The Balaban J connectivity index is 1.57. The molecule has 1 aliphatic carbocycles. The van der Waals surface area contributed by atoms with E-state index in [-0.39, 0.29) is 24.6 Å². The number of pyridine rings is 1. The van der Waals surface area contributed by atoms with E-state index >= 15 is 0 Å². The molecule has 2 fully saturated rings. The molecule has 0 bridgehead atoms. The molecule has 3 aromatic rings. The van der Waals surface area contributed by atoms with Crippen molar-refractivity contribution < 1.29 is 9.53 Å². The van der Waals surface area contributed by atoms with Crippen LogP contribution in [0.15, 0.2) is 48.7 Å². The molecule has 1 saturated carbocycles. The van der Waals surface area contributed by atoms with Crippen LogP contribution in [0.4, 0.5) is 11.4 Å². The number of rotatable bonds is 7. The highest BCUT2D eigenvalue weighted by Gasteiger charge is 2.43.